The van der Waals surface area contributed by atoms with Gasteiger partial charge in [-0.15, -0.1) is 6.42 Å². The molecule has 0 aliphatic carbocycles. The molecular weight excluding hydrogens is 300 g/mol. The molecule has 0 fully saturated rings. The molecule has 0 aliphatic rings. The number of hydrogen-bond acceptors (Lipinski definition) is 3. The van der Waals surface area contributed by atoms with E-state index < -0.39 is 12.1 Å². The number of fused-ring (bicyclic) bond motifs is 1. The number of hydrogen-bond donors (Lipinski definition) is 1. The van der Waals surface area contributed by atoms with Gasteiger partial charge < -0.3 is 10.1 Å². The first-order valence-electron chi connectivity index (χ1n) is 7.98. The van der Waals surface area contributed by atoms with E-state index >= 15 is 0 Å². The molecule has 0 radical (unpaired) electrons. The van der Waals surface area contributed by atoms with Crippen molar-refractivity contribution in [2.24, 2.45) is 0 Å². The normalized spacial score (nSPS) is 12.7. The molecule has 0 aliphatic heterocycles. The molecule has 1 N–H and O–H groups in total. The molecule has 0 saturated carbocycles. The maximum Gasteiger partial charge on any atom is 0.262 e. The van der Waals surface area contributed by atoms with Gasteiger partial charge >= 0.3 is 0 Å². The third kappa shape index (κ3) is 4.06. The maximum atomic E-state index is 12.3. The predicted molar refractivity (Wildman–Crippen MR) is 94.4 cm³/mol. The van der Waals surface area contributed by atoms with E-state index in [0.29, 0.717) is 18.6 Å². The summed E-state index contributed by atoms with van der Waals surface area (Å²) in [6.07, 6.45) is 5.86. The Morgan fingerprint density at radius 3 is 2.58 bits per heavy atom. The third-order valence-corrected chi connectivity index (χ3v) is 3.80. The number of rotatable bonds is 6. The second kappa shape index (κ2) is 8.04. The quantitative estimate of drug-likeness (QED) is 0.830. The van der Waals surface area contributed by atoms with Crippen LogP contribution in [-0.2, 0) is 4.79 Å². The second-order valence-electron chi connectivity index (χ2n) is 5.48. The Bertz CT molecular complexity index is 814. The zero-order chi connectivity index (χ0) is 17.5. The summed E-state index contributed by atoms with van der Waals surface area (Å²) in [6.45, 7) is 3.72. The van der Waals surface area contributed by atoms with Crippen molar-refractivity contribution < 1.29 is 9.53 Å². The van der Waals surface area contributed by atoms with E-state index in [-0.39, 0.29) is 5.91 Å². The van der Waals surface area contributed by atoms with E-state index in [1.54, 1.807) is 0 Å². The number of ether oxygens (including phenoxy) is 1. The van der Waals surface area contributed by atoms with Crippen molar-refractivity contribution in [2.75, 3.05) is 0 Å². The number of carbonyl (C=O) groups excluding carboxylic acids is 1. The fraction of sp³-hybridized carbons (Fsp3) is 0.300. The first kappa shape index (κ1) is 17.4. The molecule has 2 rings (SSSR count). The van der Waals surface area contributed by atoms with Crippen LogP contribution < -0.4 is 10.1 Å². The topological polar surface area (TPSA) is 62.1 Å². The van der Waals surface area contributed by atoms with Gasteiger partial charge in [-0.2, -0.15) is 5.26 Å². The highest BCUT2D eigenvalue weighted by Crippen LogP contribution is 2.23. The van der Waals surface area contributed by atoms with Crippen molar-refractivity contribution in [3.05, 3.63) is 42.0 Å². The van der Waals surface area contributed by atoms with Crippen molar-refractivity contribution in [1.82, 2.24) is 5.32 Å². The molecule has 0 spiro atoms. The summed E-state index contributed by atoms with van der Waals surface area (Å²) in [5.41, 5.74) is 0.796. The predicted octanol–water partition coefficient (Wildman–Crippen LogP) is 3.40. The van der Waals surface area contributed by atoms with Gasteiger partial charge in [0.25, 0.3) is 5.91 Å². The van der Waals surface area contributed by atoms with Crippen LogP contribution in [0.3, 0.4) is 0 Å². The highest BCUT2D eigenvalue weighted by molar-refractivity contribution is 5.86. The van der Waals surface area contributed by atoms with E-state index in [1.165, 1.54) is 0 Å². The Labute approximate surface area is 142 Å². The zero-order valence-corrected chi connectivity index (χ0v) is 13.9. The Kier molecular flexibility index (Phi) is 5.82. The van der Waals surface area contributed by atoms with Gasteiger partial charge in [-0.3, -0.25) is 4.79 Å². The molecule has 0 saturated heterocycles. The van der Waals surface area contributed by atoms with Gasteiger partial charge in [0.15, 0.2) is 6.10 Å². The molecule has 0 aromatic heterocycles. The third-order valence-electron chi connectivity index (χ3n) is 3.80. The number of carbonyl (C=O) groups is 1. The van der Waals surface area contributed by atoms with Crippen LogP contribution in [-0.4, -0.2) is 18.1 Å². The molecule has 122 valence electrons. The average Bonchev–Trinajstić information content (AvgIpc) is 2.63. The van der Waals surface area contributed by atoms with Gasteiger partial charge in [-0.05, 0) is 47.9 Å². The molecule has 2 atom stereocenters. The lowest BCUT2D eigenvalue weighted by Gasteiger charge is -2.19. The van der Waals surface area contributed by atoms with Crippen molar-refractivity contribution in [3.8, 4) is 24.2 Å². The molecule has 4 heteroatoms. The van der Waals surface area contributed by atoms with Crippen molar-refractivity contribution in [3.63, 3.8) is 0 Å². The fourth-order valence-electron chi connectivity index (χ4n) is 2.36. The molecule has 2 aromatic rings. The monoisotopic (exact) mass is 320 g/mol. The van der Waals surface area contributed by atoms with E-state index in [9.17, 15) is 4.79 Å². The largest absolute Gasteiger partial charge is 0.481 e. The Morgan fingerprint density at radius 1 is 1.21 bits per heavy atom. The van der Waals surface area contributed by atoms with Gasteiger partial charge in [0.05, 0.1) is 6.07 Å². The Morgan fingerprint density at radius 2 is 1.96 bits per heavy atom. The Balaban J connectivity index is 2.18. The van der Waals surface area contributed by atoms with Crippen molar-refractivity contribution in [2.45, 2.75) is 38.8 Å². The SMILES string of the molecule is C#Cc1ccc2ccc(OC(CC)C(=O)NC(C#N)CC)cc2c1. The number of benzene rings is 2. The molecular formula is C20H20N2O2. The summed E-state index contributed by atoms with van der Waals surface area (Å²) in [4.78, 5) is 12.3. The summed E-state index contributed by atoms with van der Waals surface area (Å²) in [7, 11) is 0. The van der Waals surface area contributed by atoms with Gasteiger partial charge in [0, 0.05) is 5.56 Å². The van der Waals surface area contributed by atoms with Crippen LogP contribution in [0.2, 0.25) is 0 Å². The van der Waals surface area contributed by atoms with Crippen molar-refractivity contribution >= 4 is 16.7 Å². The van der Waals surface area contributed by atoms with Gasteiger partial charge in [0.1, 0.15) is 11.8 Å². The molecule has 0 bridgehead atoms. The van der Waals surface area contributed by atoms with Gasteiger partial charge in [0.2, 0.25) is 0 Å². The van der Waals surface area contributed by atoms with Crippen LogP contribution in [0.4, 0.5) is 0 Å². The maximum absolute atomic E-state index is 12.3. The minimum Gasteiger partial charge on any atom is -0.481 e. The molecule has 2 aromatic carbocycles. The smallest absolute Gasteiger partial charge is 0.262 e. The summed E-state index contributed by atoms with van der Waals surface area (Å²) in [5.74, 6) is 2.93. The van der Waals surface area contributed by atoms with Gasteiger partial charge in [-0.25, -0.2) is 0 Å². The van der Waals surface area contributed by atoms with Crippen molar-refractivity contribution in [1.29, 1.82) is 5.26 Å². The minimum atomic E-state index is -0.638. The van der Waals surface area contributed by atoms with Crippen LogP contribution >= 0.6 is 0 Å². The molecule has 24 heavy (non-hydrogen) atoms. The first-order valence-corrected chi connectivity index (χ1v) is 7.98. The number of nitrogens with zero attached hydrogens (tertiary/aromatic N) is 1. The highest BCUT2D eigenvalue weighted by Gasteiger charge is 2.21. The van der Waals surface area contributed by atoms with Crippen LogP contribution in [0.25, 0.3) is 10.8 Å². The van der Waals surface area contributed by atoms with E-state index in [1.807, 2.05) is 50.2 Å². The average molecular weight is 320 g/mol. The van der Waals surface area contributed by atoms with Crippen LogP contribution in [0.5, 0.6) is 5.75 Å². The van der Waals surface area contributed by atoms with Crippen LogP contribution in [0.1, 0.15) is 32.3 Å². The summed E-state index contributed by atoms with van der Waals surface area (Å²) in [5, 5.41) is 13.7. The van der Waals surface area contributed by atoms with E-state index in [2.05, 4.69) is 17.3 Å². The fourth-order valence-corrected chi connectivity index (χ4v) is 2.36. The lowest BCUT2D eigenvalue weighted by molar-refractivity contribution is -0.128. The van der Waals surface area contributed by atoms with Crippen LogP contribution in [0, 0.1) is 23.7 Å². The lowest BCUT2D eigenvalue weighted by Crippen LogP contribution is -2.42. The van der Waals surface area contributed by atoms with E-state index in [0.717, 1.165) is 16.3 Å². The lowest BCUT2D eigenvalue weighted by atomic mass is 10.1. The van der Waals surface area contributed by atoms with Gasteiger partial charge in [-0.1, -0.05) is 31.9 Å². The molecule has 4 nitrogen and oxygen atoms in total. The second-order valence-corrected chi connectivity index (χ2v) is 5.48. The molecule has 0 heterocycles. The molecule has 2 unspecified atom stereocenters. The van der Waals surface area contributed by atoms with Crippen LogP contribution in [0.15, 0.2) is 36.4 Å². The first-order chi connectivity index (χ1) is 11.6. The Hall–Kier alpha value is -2.98. The zero-order valence-electron chi connectivity index (χ0n) is 13.9. The van der Waals surface area contributed by atoms with E-state index in [4.69, 9.17) is 16.4 Å². The summed E-state index contributed by atoms with van der Waals surface area (Å²) < 4.78 is 5.82. The number of nitrogens with one attached hydrogen (secondary N) is 1. The highest BCUT2D eigenvalue weighted by atomic mass is 16.5. The standard InChI is InChI=1S/C20H20N2O2/c1-4-14-7-8-15-9-10-18(12-16(15)11-14)24-19(6-3)20(23)22-17(5-2)13-21/h1,7-12,17,19H,5-6H2,2-3H3,(H,22,23). The minimum absolute atomic E-state index is 0.275. The number of amides is 1. The number of terminal acetylenes is 1. The summed E-state index contributed by atoms with van der Waals surface area (Å²) in [6, 6.07) is 12.9. The number of nitriles is 1. The summed E-state index contributed by atoms with van der Waals surface area (Å²) >= 11 is 0. The molecule has 1 amide bonds.